The summed E-state index contributed by atoms with van der Waals surface area (Å²) < 4.78 is 33.3. The van der Waals surface area contributed by atoms with Crippen LogP contribution < -0.4 is 5.32 Å². The summed E-state index contributed by atoms with van der Waals surface area (Å²) in [5, 5.41) is 2.62. The van der Waals surface area contributed by atoms with E-state index in [4.69, 9.17) is 16.3 Å². The molecule has 1 N–H and O–H groups in total. The van der Waals surface area contributed by atoms with Gasteiger partial charge in [0.05, 0.1) is 18.0 Å². The number of ether oxygens (including phenoxy) is 1. The van der Waals surface area contributed by atoms with E-state index < -0.39 is 11.6 Å². The Kier molecular flexibility index (Phi) is 5.08. The predicted octanol–water partition coefficient (Wildman–Crippen LogP) is 1.82. The van der Waals surface area contributed by atoms with Gasteiger partial charge in [-0.2, -0.15) is 0 Å². The lowest BCUT2D eigenvalue weighted by Crippen LogP contribution is -2.30. The van der Waals surface area contributed by atoms with Crippen LogP contribution in [0.2, 0.25) is 0 Å². The number of alkyl halides is 1. The van der Waals surface area contributed by atoms with Crippen LogP contribution in [0, 0.1) is 11.6 Å². The number of amides is 1. The molecule has 1 aromatic heterocycles. The minimum Gasteiger partial charge on any atom is -0.383 e. The van der Waals surface area contributed by atoms with Gasteiger partial charge in [0.1, 0.15) is 23.7 Å². The summed E-state index contributed by atoms with van der Waals surface area (Å²) in [5.41, 5.74) is 0.196. The van der Waals surface area contributed by atoms with Crippen molar-refractivity contribution in [3.05, 3.63) is 29.6 Å². The molecule has 1 heterocycles. The highest BCUT2D eigenvalue weighted by Gasteiger charge is 2.16. The third kappa shape index (κ3) is 3.48. The van der Waals surface area contributed by atoms with Crippen LogP contribution in [0.5, 0.6) is 0 Å². The van der Waals surface area contributed by atoms with Gasteiger partial charge in [0.15, 0.2) is 5.82 Å². The number of hydrogen-bond acceptors (Lipinski definition) is 3. The SMILES string of the molecule is COCCNC(=O)Cn1c(CCl)nc2c(F)cc(F)cc21. The first-order valence-electron chi connectivity index (χ1n) is 6.22. The molecule has 0 bridgehead atoms. The molecule has 0 fully saturated rings. The lowest BCUT2D eigenvalue weighted by molar-refractivity contribution is -0.121. The smallest absolute Gasteiger partial charge is 0.240 e. The van der Waals surface area contributed by atoms with Crippen LogP contribution in [0.3, 0.4) is 0 Å². The fraction of sp³-hybridized carbons (Fsp3) is 0.385. The molecule has 0 atom stereocenters. The third-order valence-corrected chi connectivity index (χ3v) is 3.14. The number of hydrogen-bond donors (Lipinski definition) is 1. The van der Waals surface area contributed by atoms with Crippen molar-refractivity contribution in [3.8, 4) is 0 Å². The van der Waals surface area contributed by atoms with Crippen LogP contribution in [0.25, 0.3) is 11.0 Å². The van der Waals surface area contributed by atoms with E-state index in [9.17, 15) is 13.6 Å². The van der Waals surface area contributed by atoms with Crippen molar-refractivity contribution in [2.75, 3.05) is 20.3 Å². The van der Waals surface area contributed by atoms with Gasteiger partial charge in [0.2, 0.25) is 5.91 Å². The number of imidazole rings is 1. The molecule has 1 aromatic carbocycles. The number of nitrogens with one attached hydrogen (secondary N) is 1. The van der Waals surface area contributed by atoms with Gasteiger partial charge in [-0.05, 0) is 6.07 Å². The largest absolute Gasteiger partial charge is 0.383 e. The quantitative estimate of drug-likeness (QED) is 0.653. The zero-order chi connectivity index (χ0) is 15.4. The normalized spacial score (nSPS) is 11.0. The van der Waals surface area contributed by atoms with Crippen molar-refractivity contribution in [1.29, 1.82) is 0 Å². The van der Waals surface area contributed by atoms with Crippen molar-refractivity contribution >= 4 is 28.5 Å². The standard InChI is InChI=1S/C13H14ClF2N3O2/c1-21-3-2-17-12(20)7-19-10-5-8(15)4-9(16)13(10)18-11(19)6-14/h4-5H,2-3,6-7H2,1H3,(H,17,20). The molecule has 0 spiro atoms. The molecule has 21 heavy (non-hydrogen) atoms. The number of carbonyl (C=O) groups is 1. The number of fused-ring (bicyclic) bond motifs is 1. The lowest BCUT2D eigenvalue weighted by atomic mass is 10.3. The van der Waals surface area contributed by atoms with Crippen molar-refractivity contribution in [3.63, 3.8) is 0 Å². The van der Waals surface area contributed by atoms with Gasteiger partial charge in [0.25, 0.3) is 0 Å². The minimum absolute atomic E-state index is 0.00302. The van der Waals surface area contributed by atoms with E-state index in [-0.39, 0.29) is 29.4 Å². The van der Waals surface area contributed by atoms with Gasteiger partial charge < -0.3 is 14.6 Å². The monoisotopic (exact) mass is 317 g/mol. The van der Waals surface area contributed by atoms with Crippen LogP contribution in [0.1, 0.15) is 5.82 Å². The Labute approximate surface area is 124 Å². The topological polar surface area (TPSA) is 56.1 Å². The molecule has 0 saturated carbocycles. The summed E-state index contributed by atoms with van der Waals surface area (Å²) in [5.74, 6) is -1.54. The zero-order valence-electron chi connectivity index (χ0n) is 11.3. The Bertz CT molecular complexity index is 660. The summed E-state index contributed by atoms with van der Waals surface area (Å²) >= 11 is 5.75. The molecule has 0 aliphatic rings. The molecule has 2 aromatic rings. The highest BCUT2D eigenvalue weighted by molar-refractivity contribution is 6.16. The van der Waals surface area contributed by atoms with Crippen molar-refractivity contribution in [1.82, 2.24) is 14.9 Å². The van der Waals surface area contributed by atoms with Gasteiger partial charge in [-0.15, -0.1) is 11.6 Å². The number of rotatable bonds is 6. The van der Waals surface area contributed by atoms with Crippen molar-refractivity contribution in [2.24, 2.45) is 0 Å². The molecule has 5 nitrogen and oxygen atoms in total. The number of aromatic nitrogens is 2. The highest BCUT2D eigenvalue weighted by Crippen LogP contribution is 2.21. The number of benzene rings is 1. The second-order valence-electron chi connectivity index (χ2n) is 4.35. The van der Waals surface area contributed by atoms with Crippen molar-refractivity contribution < 1.29 is 18.3 Å². The molecule has 0 aliphatic carbocycles. The molecule has 1 amide bonds. The fourth-order valence-corrected chi connectivity index (χ4v) is 2.17. The molecular weight excluding hydrogens is 304 g/mol. The summed E-state index contributed by atoms with van der Waals surface area (Å²) in [6.07, 6.45) is 0. The molecule has 114 valence electrons. The third-order valence-electron chi connectivity index (χ3n) is 2.90. The van der Waals surface area contributed by atoms with Gasteiger partial charge >= 0.3 is 0 Å². The molecule has 0 radical (unpaired) electrons. The minimum atomic E-state index is -0.782. The first-order chi connectivity index (χ1) is 10.1. The summed E-state index contributed by atoms with van der Waals surface area (Å²) in [7, 11) is 1.52. The number of nitrogens with zero attached hydrogens (tertiary/aromatic N) is 2. The van der Waals surface area contributed by atoms with E-state index in [0.29, 0.717) is 19.0 Å². The average molecular weight is 318 g/mol. The van der Waals surface area contributed by atoms with Crippen LogP contribution in [-0.4, -0.2) is 35.7 Å². The van der Waals surface area contributed by atoms with E-state index >= 15 is 0 Å². The second-order valence-corrected chi connectivity index (χ2v) is 4.61. The molecule has 2 rings (SSSR count). The zero-order valence-corrected chi connectivity index (χ0v) is 12.1. The molecule has 8 heteroatoms. The number of carbonyl (C=O) groups excluding carboxylic acids is 1. The molecule has 0 unspecified atom stereocenters. The first-order valence-corrected chi connectivity index (χ1v) is 6.76. The average Bonchev–Trinajstić information content (AvgIpc) is 2.77. The maximum absolute atomic E-state index is 13.7. The second kappa shape index (κ2) is 6.82. The van der Waals surface area contributed by atoms with Gasteiger partial charge in [-0.1, -0.05) is 0 Å². The lowest BCUT2D eigenvalue weighted by Gasteiger charge is -2.08. The van der Waals surface area contributed by atoms with E-state index in [1.807, 2.05) is 0 Å². The Morgan fingerprint density at radius 1 is 1.48 bits per heavy atom. The fourth-order valence-electron chi connectivity index (χ4n) is 1.97. The van der Waals surface area contributed by atoms with Gasteiger partial charge in [0, 0.05) is 19.7 Å². The van der Waals surface area contributed by atoms with Crippen LogP contribution in [0.4, 0.5) is 8.78 Å². The van der Waals surface area contributed by atoms with Gasteiger partial charge in [-0.25, -0.2) is 13.8 Å². The van der Waals surface area contributed by atoms with Crippen molar-refractivity contribution in [2.45, 2.75) is 12.4 Å². The predicted molar refractivity (Wildman–Crippen MR) is 74.1 cm³/mol. The van der Waals surface area contributed by atoms with Crippen LogP contribution >= 0.6 is 11.6 Å². The van der Waals surface area contributed by atoms with E-state index in [0.717, 1.165) is 12.1 Å². The summed E-state index contributed by atoms with van der Waals surface area (Å²) in [4.78, 5) is 15.8. The summed E-state index contributed by atoms with van der Waals surface area (Å²) in [6.45, 7) is 0.605. The van der Waals surface area contributed by atoms with E-state index in [2.05, 4.69) is 10.3 Å². The number of halogens is 3. The molecule has 0 saturated heterocycles. The maximum atomic E-state index is 13.7. The first kappa shape index (κ1) is 15.7. The molecule has 0 aliphatic heterocycles. The van der Waals surface area contributed by atoms with E-state index in [1.54, 1.807) is 0 Å². The summed E-state index contributed by atoms with van der Waals surface area (Å²) in [6, 6.07) is 1.88. The highest BCUT2D eigenvalue weighted by atomic mass is 35.5. The maximum Gasteiger partial charge on any atom is 0.240 e. The van der Waals surface area contributed by atoms with E-state index in [1.165, 1.54) is 11.7 Å². The van der Waals surface area contributed by atoms with Gasteiger partial charge in [-0.3, -0.25) is 4.79 Å². The Balaban J connectivity index is 2.31. The Morgan fingerprint density at radius 3 is 2.90 bits per heavy atom. The Hall–Kier alpha value is -1.73. The number of methoxy groups -OCH3 is 1. The Morgan fingerprint density at radius 2 is 2.24 bits per heavy atom. The van der Waals surface area contributed by atoms with Crippen LogP contribution in [0.15, 0.2) is 12.1 Å². The molecular formula is C13H14ClF2N3O2. The van der Waals surface area contributed by atoms with Crippen LogP contribution in [-0.2, 0) is 22.0 Å².